The minimum absolute atomic E-state index is 0. The second-order valence-electron chi connectivity index (χ2n) is 5.00. The zero-order valence-corrected chi connectivity index (χ0v) is 15.9. The van der Waals surface area contributed by atoms with Crippen molar-refractivity contribution in [1.82, 2.24) is 15.0 Å². The molecule has 0 atom stereocenters. The molecule has 3 aromatic rings. The standard InChI is InChI=1S/C17H16N5.Y/c1-12-8-9-15(10-13(12)2)21-17-19-11-18-16(22-17)20-14-6-4-3-5-7-14;/h3-10H,1-2H3,(H2,18,19,20,21,22);/q-1;. The van der Waals surface area contributed by atoms with E-state index in [1.54, 1.807) is 0 Å². The van der Waals surface area contributed by atoms with Gasteiger partial charge in [0.2, 0.25) is 0 Å². The second kappa shape index (κ2) is 8.13. The van der Waals surface area contributed by atoms with Crippen LogP contribution in [0.4, 0.5) is 23.3 Å². The predicted octanol–water partition coefficient (Wildman–Crippen LogP) is 3.77. The Morgan fingerprint density at radius 1 is 0.783 bits per heavy atom. The van der Waals surface area contributed by atoms with Crippen molar-refractivity contribution in [2.24, 2.45) is 0 Å². The Morgan fingerprint density at radius 2 is 1.43 bits per heavy atom. The molecule has 0 fully saturated rings. The van der Waals surface area contributed by atoms with Gasteiger partial charge in [0.05, 0.1) is 0 Å². The number of aryl methyl sites for hydroxylation is 2. The van der Waals surface area contributed by atoms with Crippen molar-refractivity contribution in [2.45, 2.75) is 13.8 Å². The molecule has 0 aliphatic rings. The molecule has 2 N–H and O–H groups in total. The summed E-state index contributed by atoms with van der Waals surface area (Å²) in [5.41, 5.74) is 4.32. The summed E-state index contributed by atoms with van der Waals surface area (Å²) in [6, 6.07) is 15.9. The first-order valence-electron chi connectivity index (χ1n) is 6.99. The number of anilines is 4. The van der Waals surface area contributed by atoms with Gasteiger partial charge in [0, 0.05) is 50.4 Å². The Bertz CT molecular complexity index is 777. The molecule has 1 radical (unpaired) electrons. The van der Waals surface area contributed by atoms with E-state index in [1.165, 1.54) is 11.1 Å². The Hall–Kier alpha value is -1.85. The summed E-state index contributed by atoms with van der Waals surface area (Å²) in [5, 5.41) is 6.28. The fourth-order valence-corrected chi connectivity index (χ4v) is 1.98. The van der Waals surface area contributed by atoms with Crippen molar-refractivity contribution in [3.63, 3.8) is 0 Å². The van der Waals surface area contributed by atoms with Crippen LogP contribution in [-0.2, 0) is 32.7 Å². The smallest absolute Gasteiger partial charge is 0.115 e. The van der Waals surface area contributed by atoms with E-state index in [2.05, 4.69) is 57.9 Å². The fourth-order valence-electron chi connectivity index (χ4n) is 1.98. The molecule has 0 unspecified atom stereocenters. The van der Waals surface area contributed by atoms with Crippen LogP contribution in [-0.4, -0.2) is 15.0 Å². The summed E-state index contributed by atoms with van der Waals surface area (Å²) in [4.78, 5) is 12.4. The number of rotatable bonds is 4. The maximum Gasteiger partial charge on any atom is 0.115 e. The first kappa shape index (κ1) is 17.5. The normalized spacial score (nSPS) is 9.83. The van der Waals surface area contributed by atoms with Gasteiger partial charge in [-0.1, -0.05) is 24.3 Å². The topological polar surface area (TPSA) is 62.7 Å². The molecular formula is C17H16N5Y-. The maximum atomic E-state index is 4.34. The van der Waals surface area contributed by atoms with Gasteiger partial charge in [0.25, 0.3) is 0 Å². The van der Waals surface area contributed by atoms with Gasteiger partial charge in [-0.15, -0.1) is 0 Å². The van der Waals surface area contributed by atoms with Crippen molar-refractivity contribution in [3.8, 4) is 0 Å². The van der Waals surface area contributed by atoms with Crippen molar-refractivity contribution < 1.29 is 32.7 Å². The average molecular weight is 379 g/mol. The van der Waals surface area contributed by atoms with Crippen LogP contribution in [0.1, 0.15) is 11.1 Å². The maximum absolute atomic E-state index is 4.34. The Kier molecular flexibility index (Phi) is 6.19. The molecule has 0 spiro atoms. The van der Waals surface area contributed by atoms with E-state index in [-0.39, 0.29) is 32.7 Å². The van der Waals surface area contributed by atoms with E-state index in [4.69, 9.17) is 0 Å². The Morgan fingerprint density at radius 3 is 2.09 bits per heavy atom. The SMILES string of the molecule is Cc1ccc(Nc2n[c-]nc(Nc3ccccc3)n2)cc1C.[Y]. The summed E-state index contributed by atoms with van der Waals surface area (Å²) in [6.07, 6.45) is 2.61. The van der Waals surface area contributed by atoms with Gasteiger partial charge in [-0.25, -0.2) is 0 Å². The van der Waals surface area contributed by atoms with E-state index in [0.717, 1.165) is 11.4 Å². The molecule has 6 heteroatoms. The molecule has 0 saturated carbocycles. The van der Waals surface area contributed by atoms with Crippen LogP contribution < -0.4 is 10.6 Å². The summed E-state index contributed by atoms with van der Waals surface area (Å²) >= 11 is 0. The van der Waals surface area contributed by atoms with Gasteiger partial charge < -0.3 is 25.6 Å². The molecule has 0 aliphatic heterocycles. The third-order valence-corrected chi connectivity index (χ3v) is 3.32. The summed E-state index contributed by atoms with van der Waals surface area (Å²) < 4.78 is 0. The van der Waals surface area contributed by atoms with Crippen molar-refractivity contribution in [2.75, 3.05) is 10.6 Å². The van der Waals surface area contributed by atoms with Crippen molar-refractivity contribution >= 4 is 23.3 Å². The van der Waals surface area contributed by atoms with Gasteiger partial charge in [0.1, 0.15) is 11.9 Å². The number of nitrogens with zero attached hydrogens (tertiary/aromatic N) is 3. The third kappa shape index (κ3) is 4.81. The second-order valence-corrected chi connectivity index (χ2v) is 5.00. The number of nitrogens with one attached hydrogen (secondary N) is 2. The molecule has 0 aliphatic carbocycles. The van der Waals surface area contributed by atoms with Crippen LogP contribution in [0.15, 0.2) is 48.5 Å². The molecule has 0 saturated heterocycles. The monoisotopic (exact) mass is 379 g/mol. The molecule has 23 heavy (non-hydrogen) atoms. The third-order valence-electron chi connectivity index (χ3n) is 3.32. The van der Waals surface area contributed by atoms with Crippen molar-refractivity contribution in [3.05, 3.63) is 66.0 Å². The molecule has 5 nitrogen and oxygen atoms in total. The van der Waals surface area contributed by atoms with E-state index < -0.39 is 0 Å². The average Bonchev–Trinajstić information content (AvgIpc) is 2.52. The number of aromatic nitrogens is 3. The largest absolute Gasteiger partial charge is 0.378 e. The van der Waals surface area contributed by atoms with Gasteiger partial charge >= 0.3 is 0 Å². The molecular weight excluding hydrogens is 363 g/mol. The van der Waals surface area contributed by atoms with Gasteiger partial charge in [-0.2, -0.15) is 0 Å². The first-order valence-corrected chi connectivity index (χ1v) is 6.99. The van der Waals surface area contributed by atoms with Crippen LogP contribution in [0.3, 0.4) is 0 Å². The van der Waals surface area contributed by atoms with Crippen LogP contribution >= 0.6 is 0 Å². The first-order chi connectivity index (χ1) is 10.7. The summed E-state index contributed by atoms with van der Waals surface area (Å²) in [5.74, 6) is 0.907. The van der Waals surface area contributed by atoms with Crippen molar-refractivity contribution in [1.29, 1.82) is 0 Å². The number of para-hydroxylation sites is 1. The predicted molar refractivity (Wildman–Crippen MR) is 87.6 cm³/mol. The quantitative estimate of drug-likeness (QED) is 0.676. The molecule has 1 aromatic heterocycles. The van der Waals surface area contributed by atoms with Gasteiger partial charge in [-0.05, 0) is 49.2 Å². The molecule has 2 aromatic carbocycles. The Labute approximate surface area is 160 Å². The zero-order valence-electron chi connectivity index (χ0n) is 13.0. The van der Waals surface area contributed by atoms with Crippen LogP contribution in [0.5, 0.6) is 0 Å². The molecule has 113 valence electrons. The number of hydrogen-bond donors (Lipinski definition) is 2. The summed E-state index contributed by atoms with van der Waals surface area (Å²) in [6.45, 7) is 4.15. The minimum atomic E-state index is 0. The van der Waals surface area contributed by atoms with Crippen LogP contribution in [0.25, 0.3) is 0 Å². The number of benzene rings is 2. The van der Waals surface area contributed by atoms with Crippen LogP contribution in [0.2, 0.25) is 0 Å². The van der Waals surface area contributed by atoms with Gasteiger partial charge in [-0.3, -0.25) is 0 Å². The van der Waals surface area contributed by atoms with E-state index in [1.807, 2.05) is 36.4 Å². The fraction of sp³-hybridized carbons (Fsp3) is 0.118. The van der Waals surface area contributed by atoms with Gasteiger partial charge in [0.15, 0.2) is 0 Å². The van der Waals surface area contributed by atoms with E-state index >= 15 is 0 Å². The number of hydrogen-bond acceptors (Lipinski definition) is 5. The van der Waals surface area contributed by atoms with E-state index in [9.17, 15) is 0 Å². The zero-order chi connectivity index (χ0) is 15.4. The van der Waals surface area contributed by atoms with E-state index in [0.29, 0.717) is 11.9 Å². The molecule has 0 bridgehead atoms. The molecule has 1 heterocycles. The molecule has 3 rings (SSSR count). The molecule has 0 amide bonds. The Balaban J connectivity index is 0.00000192. The summed E-state index contributed by atoms with van der Waals surface area (Å²) in [7, 11) is 0. The van der Waals surface area contributed by atoms with Crippen LogP contribution in [0, 0.1) is 20.2 Å². The minimum Gasteiger partial charge on any atom is -0.378 e.